The van der Waals surface area contributed by atoms with Crippen LogP contribution in [0.5, 0.6) is 0 Å². The van der Waals surface area contributed by atoms with E-state index in [9.17, 15) is 4.79 Å². The van der Waals surface area contributed by atoms with Gasteiger partial charge in [0, 0.05) is 65.8 Å². The average molecular weight is 481 g/mol. The molecule has 0 aromatic rings. The summed E-state index contributed by atoms with van der Waals surface area (Å²) in [6, 6.07) is 0. The molecule has 0 aromatic carbocycles. The molecule has 7 nitrogen and oxygen atoms in total. The summed E-state index contributed by atoms with van der Waals surface area (Å²) >= 11 is 0. The summed E-state index contributed by atoms with van der Waals surface area (Å²) in [6.45, 7) is 16.1. The highest BCUT2D eigenvalue weighted by Crippen LogP contribution is 2.10. The van der Waals surface area contributed by atoms with Crippen LogP contribution in [0.1, 0.15) is 34.1 Å². The molecule has 152 valence electrons. The molecule has 0 aromatic heterocycles. The molecule has 0 aliphatic carbocycles. The van der Waals surface area contributed by atoms with Crippen LogP contribution in [0.15, 0.2) is 4.99 Å². The van der Waals surface area contributed by atoms with E-state index in [4.69, 9.17) is 9.73 Å². The highest BCUT2D eigenvalue weighted by atomic mass is 127. The lowest BCUT2D eigenvalue weighted by Crippen LogP contribution is -2.53. The van der Waals surface area contributed by atoms with E-state index in [1.165, 1.54) is 0 Å². The SMILES string of the molecule is CCNC(=NCCCN1CC(C)OC(C)C1)N1CCN(C(C)=O)CC1.I. The highest BCUT2D eigenvalue weighted by Gasteiger charge is 2.22. The van der Waals surface area contributed by atoms with Crippen LogP contribution in [0.2, 0.25) is 0 Å². The van der Waals surface area contributed by atoms with E-state index >= 15 is 0 Å². The number of piperazine rings is 1. The van der Waals surface area contributed by atoms with E-state index in [0.717, 1.165) is 71.3 Å². The zero-order valence-corrected chi connectivity index (χ0v) is 19.1. The topological polar surface area (TPSA) is 60.4 Å². The zero-order valence-electron chi connectivity index (χ0n) is 16.7. The maximum Gasteiger partial charge on any atom is 0.219 e. The zero-order chi connectivity index (χ0) is 18.2. The van der Waals surface area contributed by atoms with Crippen molar-refractivity contribution in [2.24, 2.45) is 4.99 Å². The molecule has 0 bridgehead atoms. The second-order valence-corrected chi connectivity index (χ2v) is 7.10. The van der Waals surface area contributed by atoms with Crippen molar-refractivity contribution in [2.75, 3.05) is 58.9 Å². The van der Waals surface area contributed by atoms with E-state index in [1.54, 1.807) is 6.92 Å². The van der Waals surface area contributed by atoms with E-state index in [1.807, 2.05) is 4.90 Å². The first-order valence-corrected chi connectivity index (χ1v) is 9.66. The van der Waals surface area contributed by atoms with Crippen LogP contribution in [-0.2, 0) is 9.53 Å². The van der Waals surface area contributed by atoms with Gasteiger partial charge in [0.15, 0.2) is 5.96 Å². The molecule has 2 unspecified atom stereocenters. The van der Waals surface area contributed by atoms with Gasteiger partial charge in [-0.3, -0.25) is 14.7 Å². The van der Waals surface area contributed by atoms with Crippen molar-refractivity contribution >= 4 is 35.8 Å². The molecule has 2 atom stereocenters. The number of nitrogens with zero attached hydrogens (tertiary/aromatic N) is 4. The maximum atomic E-state index is 11.5. The Hall–Kier alpha value is -0.610. The number of nitrogens with one attached hydrogen (secondary N) is 1. The summed E-state index contributed by atoms with van der Waals surface area (Å²) in [7, 11) is 0. The van der Waals surface area contributed by atoms with E-state index in [-0.39, 0.29) is 29.9 Å². The van der Waals surface area contributed by atoms with Gasteiger partial charge in [0.2, 0.25) is 5.91 Å². The number of carbonyl (C=O) groups is 1. The fourth-order valence-electron chi connectivity index (χ4n) is 3.61. The average Bonchev–Trinajstić information content (AvgIpc) is 2.57. The summed E-state index contributed by atoms with van der Waals surface area (Å²) in [5, 5.41) is 3.39. The van der Waals surface area contributed by atoms with Gasteiger partial charge in [0.05, 0.1) is 12.2 Å². The number of guanidine groups is 1. The first kappa shape index (κ1) is 23.4. The molecular formula is C18H36IN5O2. The van der Waals surface area contributed by atoms with Gasteiger partial charge in [0.1, 0.15) is 0 Å². The predicted octanol–water partition coefficient (Wildman–Crippen LogP) is 1.23. The lowest BCUT2D eigenvalue weighted by molar-refractivity contribution is -0.130. The largest absolute Gasteiger partial charge is 0.373 e. The van der Waals surface area contributed by atoms with Crippen molar-refractivity contribution in [3.05, 3.63) is 0 Å². The number of amides is 1. The van der Waals surface area contributed by atoms with Crippen LogP contribution in [0, 0.1) is 0 Å². The van der Waals surface area contributed by atoms with Crippen LogP contribution in [-0.4, -0.2) is 97.7 Å². The van der Waals surface area contributed by atoms with Gasteiger partial charge in [-0.25, -0.2) is 0 Å². The van der Waals surface area contributed by atoms with Gasteiger partial charge in [-0.05, 0) is 27.2 Å². The summed E-state index contributed by atoms with van der Waals surface area (Å²) in [5.41, 5.74) is 0. The normalized spacial score (nSPS) is 25.0. The molecule has 1 amide bonds. The van der Waals surface area contributed by atoms with Gasteiger partial charge >= 0.3 is 0 Å². The van der Waals surface area contributed by atoms with E-state index in [0.29, 0.717) is 12.2 Å². The molecule has 0 saturated carbocycles. The summed E-state index contributed by atoms with van der Waals surface area (Å²) in [4.78, 5) is 22.9. The van der Waals surface area contributed by atoms with E-state index in [2.05, 4.69) is 35.9 Å². The number of morpholine rings is 1. The Morgan fingerprint density at radius 1 is 1.12 bits per heavy atom. The van der Waals surface area contributed by atoms with Gasteiger partial charge in [-0.2, -0.15) is 0 Å². The molecule has 2 rings (SSSR count). The summed E-state index contributed by atoms with van der Waals surface area (Å²) < 4.78 is 5.78. The third-order valence-corrected chi connectivity index (χ3v) is 4.75. The maximum absolute atomic E-state index is 11.5. The second kappa shape index (κ2) is 12.0. The number of halogens is 1. The lowest BCUT2D eigenvalue weighted by Gasteiger charge is -2.36. The van der Waals surface area contributed by atoms with Crippen LogP contribution in [0.25, 0.3) is 0 Å². The van der Waals surface area contributed by atoms with Gasteiger partial charge in [-0.15, -0.1) is 24.0 Å². The van der Waals surface area contributed by atoms with Crippen LogP contribution in [0.4, 0.5) is 0 Å². The van der Waals surface area contributed by atoms with Crippen molar-refractivity contribution in [1.29, 1.82) is 0 Å². The molecule has 26 heavy (non-hydrogen) atoms. The monoisotopic (exact) mass is 481 g/mol. The predicted molar refractivity (Wildman–Crippen MR) is 116 cm³/mol. The molecule has 2 fully saturated rings. The van der Waals surface area contributed by atoms with Crippen molar-refractivity contribution in [3.63, 3.8) is 0 Å². The summed E-state index contributed by atoms with van der Waals surface area (Å²) in [6.07, 6.45) is 1.70. The van der Waals surface area contributed by atoms with Crippen molar-refractivity contribution in [3.8, 4) is 0 Å². The number of rotatable bonds is 5. The highest BCUT2D eigenvalue weighted by molar-refractivity contribution is 14.0. The van der Waals surface area contributed by atoms with E-state index < -0.39 is 0 Å². The van der Waals surface area contributed by atoms with Crippen LogP contribution in [0.3, 0.4) is 0 Å². The van der Waals surface area contributed by atoms with Gasteiger partial charge < -0.3 is 19.9 Å². The summed E-state index contributed by atoms with van der Waals surface area (Å²) in [5.74, 6) is 1.14. The Morgan fingerprint density at radius 3 is 2.23 bits per heavy atom. The van der Waals surface area contributed by atoms with Crippen LogP contribution >= 0.6 is 24.0 Å². The number of aliphatic imine (C=N–C) groups is 1. The molecule has 2 heterocycles. The minimum atomic E-state index is 0. The standard InChI is InChI=1S/C18H35N5O2.HI/c1-5-19-18(23-11-9-22(10-12-23)17(4)24)20-7-6-8-21-13-15(2)25-16(3)14-21;/h15-16H,5-14H2,1-4H3,(H,19,20);1H. The number of ether oxygens (including phenoxy) is 1. The number of hydrogen-bond acceptors (Lipinski definition) is 4. The number of carbonyl (C=O) groups excluding carboxylic acids is 1. The Morgan fingerprint density at radius 2 is 1.69 bits per heavy atom. The minimum Gasteiger partial charge on any atom is -0.373 e. The fraction of sp³-hybridized carbons (Fsp3) is 0.889. The van der Waals surface area contributed by atoms with Gasteiger partial charge in [0.25, 0.3) is 0 Å². The van der Waals surface area contributed by atoms with Crippen molar-refractivity contribution in [1.82, 2.24) is 20.0 Å². The quantitative estimate of drug-likeness (QED) is 0.277. The fourth-order valence-corrected chi connectivity index (χ4v) is 3.61. The molecule has 0 spiro atoms. The third-order valence-electron chi connectivity index (χ3n) is 4.75. The first-order chi connectivity index (χ1) is 12.0. The smallest absolute Gasteiger partial charge is 0.219 e. The minimum absolute atomic E-state index is 0. The molecule has 2 saturated heterocycles. The van der Waals surface area contributed by atoms with Gasteiger partial charge in [-0.1, -0.05) is 0 Å². The Balaban J connectivity index is 0.00000338. The molecular weight excluding hydrogens is 445 g/mol. The molecule has 2 aliphatic heterocycles. The Bertz CT molecular complexity index is 445. The molecule has 2 aliphatic rings. The molecule has 1 N–H and O–H groups in total. The molecule has 8 heteroatoms. The second-order valence-electron chi connectivity index (χ2n) is 7.10. The van der Waals surface area contributed by atoms with Crippen molar-refractivity contribution in [2.45, 2.75) is 46.3 Å². The molecule has 0 radical (unpaired) electrons. The Labute approximate surface area is 175 Å². The first-order valence-electron chi connectivity index (χ1n) is 9.66. The lowest BCUT2D eigenvalue weighted by atomic mass is 10.2. The third kappa shape index (κ3) is 7.56. The number of hydrogen-bond donors (Lipinski definition) is 1. The van der Waals surface area contributed by atoms with Crippen LogP contribution < -0.4 is 5.32 Å². The van der Waals surface area contributed by atoms with Crippen molar-refractivity contribution < 1.29 is 9.53 Å². The Kier molecular flexibility index (Phi) is 10.8.